The average Bonchev–Trinajstić information content (AvgIpc) is 4.40. The van der Waals surface area contributed by atoms with E-state index >= 15 is 0 Å². The van der Waals surface area contributed by atoms with E-state index in [2.05, 4.69) is 128 Å². The maximum absolute atomic E-state index is 13.5. The average molecular weight is 1210 g/mol. The molecule has 4 amide bonds. The number of nitrogens with one attached hydrogen (secondary N) is 2. The van der Waals surface area contributed by atoms with Gasteiger partial charge >= 0.3 is 0 Å². The molecule has 2 fully saturated rings. The van der Waals surface area contributed by atoms with Gasteiger partial charge in [0.2, 0.25) is 11.8 Å². The Bertz CT molecular complexity index is 3740. The molecule has 2 atom stereocenters. The predicted octanol–water partition coefficient (Wildman–Crippen LogP) is 8.02. The van der Waals surface area contributed by atoms with Gasteiger partial charge in [-0.3, -0.25) is 19.2 Å². The third-order valence-electron chi connectivity index (χ3n) is 14.0. The summed E-state index contributed by atoms with van der Waals surface area (Å²) >= 11 is 3.30. The Kier molecular flexibility index (Phi) is 18.9. The number of rotatable bonds is 17. The third kappa shape index (κ3) is 14.7. The van der Waals surface area contributed by atoms with E-state index in [0.717, 1.165) is 28.9 Å². The first-order chi connectivity index (χ1) is 38.9. The highest BCUT2D eigenvalue weighted by Crippen LogP contribution is 2.27. The van der Waals surface area contributed by atoms with Gasteiger partial charge in [-0.1, -0.05) is 51.4 Å². The van der Waals surface area contributed by atoms with Crippen molar-refractivity contribution < 1.29 is 28.7 Å². The summed E-state index contributed by atoms with van der Waals surface area (Å²) in [6.45, 7) is 26.5. The third-order valence-corrected chi connectivity index (χ3v) is 17.8. The van der Waals surface area contributed by atoms with Gasteiger partial charge in [-0.15, -0.1) is 0 Å². The molecule has 10 heterocycles. The van der Waals surface area contributed by atoms with Crippen molar-refractivity contribution in [2.45, 2.75) is 112 Å². The molecule has 25 heteroatoms. The lowest BCUT2D eigenvalue weighted by Crippen LogP contribution is -2.55. The Morgan fingerprint density at radius 2 is 1.10 bits per heavy atom. The van der Waals surface area contributed by atoms with E-state index in [1.54, 1.807) is 63.9 Å². The van der Waals surface area contributed by atoms with Crippen LogP contribution in [0.3, 0.4) is 0 Å². The van der Waals surface area contributed by atoms with Crippen LogP contribution in [0.4, 0.5) is 0 Å². The summed E-state index contributed by atoms with van der Waals surface area (Å²) in [4.78, 5) is 81.9. The molecule has 2 N–H and O–H groups in total. The summed E-state index contributed by atoms with van der Waals surface area (Å²) in [6.07, 6.45) is 14.2. The molecule has 0 aliphatic carbocycles. The molecule has 10 rings (SSSR count). The molecule has 0 saturated carbocycles. The first-order valence-corrected chi connectivity index (χ1v) is 35.5. The number of imidazole rings is 2. The molecule has 0 bridgehead atoms. The number of halogens is 1. The van der Waals surface area contributed by atoms with Crippen LogP contribution in [-0.2, 0) is 32.5 Å². The summed E-state index contributed by atoms with van der Waals surface area (Å²) in [5, 5.41) is 23.4. The van der Waals surface area contributed by atoms with Gasteiger partial charge < -0.3 is 47.8 Å². The van der Waals surface area contributed by atoms with E-state index in [1.807, 2.05) is 47.3 Å². The van der Waals surface area contributed by atoms with Gasteiger partial charge in [0.15, 0.2) is 11.3 Å². The molecule has 82 heavy (non-hydrogen) atoms. The molecule has 8 aromatic rings. The summed E-state index contributed by atoms with van der Waals surface area (Å²) in [5.74, 6) is -1.53. The lowest BCUT2D eigenvalue weighted by Gasteiger charge is -2.37. The van der Waals surface area contributed by atoms with E-state index in [9.17, 15) is 19.2 Å². The van der Waals surface area contributed by atoms with Crippen LogP contribution >= 0.6 is 15.9 Å². The van der Waals surface area contributed by atoms with Crippen molar-refractivity contribution >= 4 is 89.1 Å². The number of amides is 4. The normalized spacial score (nSPS) is 14.5. The first-order valence-electron chi connectivity index (χ1n) is 27.2. The number of nitrogens with zero attached hydrogens (tertiary/aromatic N) is 14. The second-order valence-electron chi connectivity index (χ2n) is 23.5. The number of fused-ring (bicyclic) bond motifs is 4. The molecule has 0 spiro atoms. The Hall–Kier alpha value is -7.69. The number of aryl methyl sites for hydroxylation is 3. The van der Waals surface area contributed by atoms with E-state index < -0.39 is 40.0 Å². The van der Waals surface area contributed by atoms with Gasteiger partial charge in [0.05, 0.1) is 70.5 Å². The summed E-state index contributed by atoms with van der Waals surface area (Å²) in [6, 6.07) is 13.1. The molecule has 22 nitrogen and oxygen atoms in total. The highest BCUT2D eigenvalue weighted by molar-refractivity contribution is 9.10. The standard InChI is InChI=1S/C28H34N8O3Si.C20H27BrN6O3Si.C9H10N2/c1-18-6-7-23-25(31-16-35(23)12-18)22-11-30-26-24(33-22)21(15-36(26)17-39-8-9-40(3,4)5)27(37)32-19(2)28(38)34-13-20(10-29)14-34;1-13(20(29)26-9-14(7-22)10-26)24-19(28)15-11-27(12-30-5-6-31(2,3)4)18-17(15)25-16(21)8-23-18;1-7-3-4-9-8(2)10-6-11(9)5-7/h6-7,11-12,15-16,19-20H,8-9,13-14,17H2,1-5H3,(H,32,37);8,11,13-14H,5-6,9-10,12H2,1-4H3,(H,24,28);3-6H,1-2H3/t19-;13-;/m11./s1. The van der Waals surface area contributed by atoms with Crippen molar-refractivity contribution in [3.05, 3.63) is 107 Å². The fraction of sp³-hybridized carbons (Fsp3) is 0.439. The van der Waals surface area contributed by atoms with E-state index in [4.69, 9.17) is 25.0 Å². The van der Waals surface area contributed by atoms with Crippen LogP contribution in [-0.4, -0.2) is 149 Å². The predicted molar refractivity (Wildman–Crippen MR) is 320 cm³/mol. The zero-order valence-electron chi connectivity index (χ0n) is 48.4. The number of pyridine rings is 2. The maximum atomic E-state index is 13.5. The number of carbonyl (C=O) groups is 4. The monoisotopic (exact) mass is 1210 g/mol. The first kappa shape index (κ1) is 60.4. The Labute approximate surface area is 487 Å². The summed E-state index contributed by atoms with van der Waals surface area (Å²) in [7, 11) is -2.46. The van der Waals surface area contributed by atoms with Crippen molar-refractivity contribution in [2.24, 2.45) is 11.8 Å². The molecule has 2 aliphatic heterocycles. The fourth-order valence-electron chi connectivity index (χ4n) is 9.06. The van der Waals surface area contributed by atoms with Crippen molar-refractivity contribution in [2.75, 3.05) is 39.4 Å². The Balaban J connectivity index is 0.000000184. The van der Waals surface area contributed by atoms with Crippen LogP contribution in [0.1, 0.15) is 51.4 Å². The van der Waals surface area contributed by atoms with Crippen molar-refractivity contribution in [3.63, 3.8) is 0 Å². The van der Waals surface area contributed by atoms with Gasteiger partial charge in [-0.2, -0.15) is 10.5 Å². The number of likely N-dealkylation sites (tertiary alicyclic amines) is 2. The van der Waals surface area contributed by atoms with Crippen LogP contribution in [0.15, 0.2) is 78.7 Å². The number of nitriles is 2. The second kappa shape index (κ2) is 25.6. The maximum Gasteiger partial charge on any atom is 0.255 e. The number of hydrogen-bond donors (Lipinski definition) is 2. The minimum Gasteiger partial charge on any atom is -0.361 e. The van der Waals surface area contributed by atoms with Gasteiger partial charge in [-0.25, -0.2) is 29.9 Å². The van der Waals surface area contributed by atoms with Gasteiger partial charge in [0.25, 0.3) is 11.8 Å². The lowest BCUT2D eigenvalue weighted by atomic mass is 10.0. The lowest BCUT2D eigenvalue weighted by molar-refractivity contribution is -0.138. The topological polar surface area (TPSA) is 261 Å². The SMILES string of the molecule is C[C@@H](NC(=O)c1cn(COCC[Si](C)(C)C)c2ncc(Br)nc12)C(=O)N1CC(C#N)C1.Cc1ccc2c(-c3cnc4c(n3)c(C(=O)N[C@H](C)C(=O)N3CC(C#N)C3)cn4COCC[Si](C)(C)C)ncn2c1.Cc1ccc2c(C)ncn2c1. The van der Waals surface area contributed by atoms with Crippen LogP contribution in [0.25, 0.3) is 44.7 Å². The largest absolute Gasteiger partial charge is 0.361 e. The fourth-order valence-corrected chi connectivity index (χ4v) is 10.9. The van der Waals surface area contributed by atoms with E-state index in [0.29, 0.717) is 88.8 Å². The number of hydrogen-bond acceptors (Lipinski definition) is 14. The van der Waals surface area contributed by atoms with Gasteiger partial charge in [0.1, 0.15) is 58.9 Å². The molecule has 2 aliphatic rings. The Morgan fingerprint density at radius 1 is 0.646 bits per heavy atom. The van der Waals surface area contributed by atoms with Crippen LogP contribution < -0.4 is 10.6 Å². The highest BCUT2D eigenvalue weighted by atomic mass is 79.9. The van der Waals surface area contributed by atoms with E-state index in [-0.39, 0.29) is 37.1 Å². The second-order valence-corrected chi connectivity index (χ2v) is 35.5. The van der Waals surface area contributed by atoms with Gasteiger partial charge in [0, 0.05) is 80.3 Å². The summed E-state index contributed by atoms with van der Waals surface area (Å²) < 4.78 is 19.8. The molecule has 2 saturated heterocycles. The van der Waals surface area contributed by atoms with Crippen LogP contribution in [0.2, 0.25) is 51.4 Å². The highest BCUT2D eigenvalue weighted by Gasteiger charge is 2.35. The summed E-state index contributed by atoms with van der Waals surface area (Å²) in [5.41, 5.74) is 9.25. The van der Waals surface area contributed by atoms with Crippen LogP contribution in [0, 0.1) is 55.3 Å². The minimum absolute atomic E-state index is 0.126. The molecule has 8 aromatic heterocycles. The van der Waals surface area contributed by atoms with Gasteiger partial charge in [-0.05, 0) is 85.9 Å². The molecule has 430 valence electrons. The number of carbonyl (C=O) groups excluding carboxylic acids is 4. The van der Waals surface area contributed by atoms with Crippen molar-refractivity contribution in [1.82, 2.24) is 68.3 Å². The van der Waals surface area contributed by atoms with Crippen molar-refractivity contribution in [1.29, 1.82) is 10.5 Å². The quantitative estimate of drug-likeness (QED) is 0.0646. The zero-order chi connectivity index (χ0) is 59.2. The zero-order valence-corrected chi connectivity index (χ0v) is 52.0. The number of aromatic nitrogens is 10. The number of ether oxygens (including phenoxy) is 2. The van der Waals surface area contributed by atoms with Crippen molar-refractivity contribution in [3.8, 4) is 23.5 Å². The molecule has 0 unspecified atom stereocenters. The van der Waals surface area contributed by atoms with Crippen LogP contribution in [0.5, 0.6) is 0 Å². The smallest absolute Gasteiger partial charge is 0.255 e. The molecule has 0 radical (unpaired) electrons. The minimum atomic E-state index is -1.26. The molecule has 0 aromatic carbocycles. The molecular formula is C57H71BrN16O6Si2. The van der Waals surface area contributed by atoms with E-state index in [1.165, 1.54) is 11.1 Å². The Morgan fingerprint density at radius 3 is 1.59 bits per heavy atom. The molecular weight excluding hydrogens is 1140 g/mol.